The first kappa shape index (κ1) is 8.31. The first-order valence-corrected chi connectivity index (χ1v) is 4.27. The third-order valence-corrected chi connectivity index (χ3v) is 2.29. The van der Waals surface area contributed by atoms with Crippen LogP contribution in [0.1, 0.15) is 16.1 Å². The highest BCUT2D eigenvalue weighted by Gasteiger charge is 2.29. The van der Waals surface area contributed by atoms with Gasteiger partial charge in [0, 0.05) is 19.1 Å². The van der Waals surface area contributed by atoms with Crippen molar-refractivity contribution in [3.63, 3.8) is 0 Å². The molecule has 0 unspecified atom stereocenters. The van der Waals surface area contributed by atoms with Crippen LogP contribution in [0.25, 0.3) is 0 Å². The number of aryl methyl sites for hydroxylation is 1. The fourth-order valence-electron chi connectivity index (χ4n) is 1.46. The minimum atomic E-state index is 0.0213. The topological polar surface area (TPSA) is 59.5 Å². The van der Waals surface area contributed by atoms with Gasteiger partial charge in [-0.25, -0.2) is 0 Å². The molecule has 0 saturated carbocycles. The molecule has 0 bridgehead atoms. The Labute approximate surface area is 76.3 Å². The highest BCUT2D eigenvalue weighted by molar-refractivity contribution is 5.95. The van der Waals surface area contributed by atoms with E-state index in [4.69, 9.17) is 10.2 Å². The summed E-state index contributed by atoms with van der Waals surface area (Å²) in [4.78, 5) is 13.4. The van der Waals surface area contributed by atoms with Crippen LogP contribution in [0.4, 0.5) is 0 Å². The Morgan fingerprint density at radius 2 is 2.38 bits per heavy atom. The van der Waals surface area contributed by atoms with Crippen molar-refractivity contribution in [1.82, 2.24) is 4.90 Å². The number of amides is 1. The van der Waals surface area contributed by atoms with Crippen LogP contribution in [0.3, 0.4) is 0 Å². The second-order valence-electron chi connectivity index (χ2n) is 3.36. The Balaban J connectivity index is 2.10. The molecule has 70 valence electrons. The number of nitrogens with zero attached hydrogens (tertiary/aromatic N) is 1. The number of carbonyl (C=O) groups is 1. The summed E-state index contributed by atoms with van der Waals surface area (Å²) in [6.07, 6.45) is 1.53. The zero-order valence-electron chi connectivity index (χ0n) is 7.49. The molecule has 0 aliphatic carbocycles. The van der Waals surface area contributed by atoms with E-state index in [0.717, 1.165) is 0 Å². The number of carbonyl (C=O) groups excluding carboxylic acids is 1. The van der Waals surface area contributed by atoms with Gasteiger partial charge in [0.2, 0.25) is 0 Å². The van der Waals surface area contributed by atoms with Crippen LogP contribution >= 0.6 is 0 Å². The highest BCUT2D eigenvalue weighted by Crippen LogP contribution is 2.15. The van der Waals surface area contributed by atoms with E-state index in [2.05, 4.69) is 0 Å². The van der Waals surface area contributed by atoms with Gasteiger partial charge in [0.15, 0.2) is 0 Å². The molecule has 2 heterocycles. The Hall–Kier alpha value is -1.29. The molecule has 13 heavy (non-hydrogen) atoms. The van der Waals surface area contributed by atoms with E-state index in [0.29, 0.717) is 24.4 Å². The van der Waals surface area contributed by atoms with Gasteiger partial charge in [0.25, 0.3) is 5.91 Å². The van der Waals surface area contributed by atoms with Gasteiger partial charge >= 0.3 is 0 Å². The van der Waals surface area contributed by atoms with Crippen molar-refractivity contribution in [3.8, 4) is 0 Å². The molecule has 2 rings (SSSR count). The van der Waals surface area contributed by atoms with Crippen molar-refractivity contribution in [2.75, 3.05) is 13.1 Å². The van der Waals surface area contributed by atoms with Crippen LogP contribution in [0.2, 0.25) is 0 Å². The predicted octanol–water partition coefficient (Wildman–Crippen LogP) is 0.371. The first-order chi connectivity index (χ1) is 6.18. The second-order valence-corrected chi connectivity index (χ2v) is 3.36. The zero-order valence-corrected chi connectivity index (χ0v) is 7.49. The fraction of sp³-hybridized carbons (Fsp3) is 0.444. The van der Waals surface area contributed by atoms with E-state index in [1.807, 2.05) is 0 Å². The molecule has 0 radical (unpaired) electrons. The molecule has 1 aromatic heterocycles. The average Bonchev–Trinajstić information content (AvgIpc) is 2.44. The van der Waals surface area contributed by atoms with Gasteiger partial charge in [-0.15, -0.1) is 0 Å². The number of hydrogen-bond donors (Lipinski definition) is 1. The minimum absolute atomic E-state index is 0.0213. The number of hydrogen-bond acceptors (Lipinski definition) is 3. The van der Waals surface area contributed by atoms with Crippen LogP contribution in [0.5, 0.6) is 0 Å². The van der Waals surface area contributed by atoms with E-state index < -0.39 is 0 Å². The van der Waals surface area contributed by atoms with Gasteiger partial charge in [-0.2, -0.15) is 0 Å². The van der Waals surface area contributed by atoms with Crippen molar-refractivity contribution >= 4 is 5.91 Å². The molecule has 0 aromatic carbocycles. The Morgan fingerprint density at radius 1 is 1.69 bits per heavy atom. The molecule has 1 fully saturated rings. The smallest absolute Gasteiger partial charge is 0.257 e. The van der Waals surface area contributed by atoms with E-state index in [1.165, 1.54) is 6.26 Å². The predicted molar refractivity (Wildman–Crippen MR) is 47.3 cm³/mol. The molecular formula is C9H12N2O2. The summed E-state index contributed by atoms with van der Waals surface area (Å²) in [7, 11) is 0. The SMILES string of the molecule is Cc1occc1C(=O)N1CC(N)C1. The summed E-state index contributed by atoms with van der Waals surface area (Å²) in [5.41, 5.74) is 6.23. The molecule has 1 saturated heterocycles. The molecule has 2 N–H and O–H groups in total. The lowest BCUT2D eigenvalue weighted by Crippen LogP contribution is -2.57. The summed E-state index contributed by atoms with van der Waals surface area (Å²) >= 11 is 0. The Morgan fingerprint density at radius 3 is 2.85 bits per heavy atom. The van der Waals surface area contributed by atoms with Crippen molar-refractivity contribution in [1.29, 1.82) is 0 Å². The number of likely N-dealkylation sites (tertiary alicyclic amines) is 1. The third kappa shape index (κ3) is 1.33. The molecule has 0 spiro atoms. The normalized spacial score (nSPS) is 17.2. The summed E-state index contributed by atoms with van der Waals surface area (Å²) in [6.45, 7) is 3.10. The maximum absolute atomic E-state index is 11.7. The number of furan rings is 1. The maximum Gasteiger partial charge on any atom is 0.257 e. The van der Waals surface area contributed by atoms with Gasteiger partial charge in [0.05, 0.1) is 11.8 Å². The van der Waals surface area contributed by atoms with Gasteiger partial charge < -0.3 is 15.1 Å². The average molecular weight is 180 g/mol. The summed E-state index contributed by atoms with van der Waals surface area (Å²) in [5.74, 6) is 0.693. The molecular weight excluding hydrogens is 168 g/mol. The molecule has 1 amide bonds. The molecule has 4 heteroatoms. The lowest BCUT2D eigenvalue weighted by molar-refractivity contribution is 0.0606. The first-order valence-electron chi connectivity index (χ1n) is 4.27. The maximum atomic E-state index is 11.7. The number of nitrogens with two attached hydrogens (primary N) is 1. The summed E-state index contributed by atoms with van der Waals surface area (Å²) in [5, 5.41) is 0. The van der Waals surface area contributed by atoms with E-state index in [9.17, 15) is 4.79 Å². The van der Waals surface area contributed by atoms with Crippen molar-refractivity contribution in [2.24, 2.45) is 5.73 Å². The number of rotatable bonds is 1. The lowest BCUT2D eigenvalue weighted by atomic mass is 10.1. The quantitative estimate of drug-likeness (QED) is 0.679. The van der Waals surface area contributed by atoms with Crippen LogP contribution in [-0.4, -0.2) is 29.9 Å². The van der Waals surface area contributed by atoms with Gasteiger partial charge in [-0.3, -0.25) is 4.79 Å². The van der Waals surface area contributed by atoms with E-state index in [1.54, 1.807) is 17.9 Å². The Kier molecular flexibility index (Phi) is 1.84. The summed E-state index contributed by atoms with van der Waals surface area (Å²) < 4.78 is 5.05. The van der Waals surface area contributed by atoms with Gasteiger partial charge in [-0.1, -0.05) is 0 Å². The van der Waals surface area contributed by atoms with Crippen LogP contribution in [0, 0.1) is 6.92 Å². The molecule has 4 nitrogen and oxygen atoms in total. The molecule has 1 aromatic rings. The molecule has 1 aliphatic rings. The monoisotopic (exact) mass is 180 g/mol. The zero-order chi connectivity index (χ0) is 9.42. The standard InChI is InChI=1S/C9H12N2O2/c1-6-8(2-3-13-6)9(12)11-4-7(10)5-11/h2-3,7H,4-5,10H2,1H3. The third-order valence-electron chi connectivity index (χ3n) is 2.29. The highest BCUT2D eigenvalue weighted by atomic mass is 16.3. The largest absolute Gasteiger partial charge is 0.469 e. The van der Waals surface area contributed by atoms with Crippen molar-refractivity contribution in [3.05, 3.63) is 23.7 Å². The van der Waals surface area contributed by atoms with Crippen LogP contribution in [-0.2, 0) is 0 Å². The second kappa shape index (κ2) is 2.88. The van der Waals surface area contributed by atoms with E-state index in [-0.39, 0.29) is 11.9 Å². The van der Waals surface area contributed by atoms with Crippen molar-refractivity contribution < 1.29 is 9.21 Å². The van der Waals surface area contributed by atoms with E-state index >= 15 is 0 Å². The molecule has 0 atom stereocenters. The summed E-state index contributed by atoms with van der Waals surface area (Å²) in [6, 6.07) is 1.85. The fourth-order valence-corrected chi connectivity index (χ4v) is 1.46. The lowest BCUT2D eigenvalue weighted by Gasteiger charge is -2.36. The van der Waals surface area contributed by atoms with Crippen molar-refractivity contribution in [2.45, 2.75) is 13.0 Å². The van der Waals surface area contributed by atoms with Gasteiger partial charge in [-0.05, 0) is 13.0 Å². The molecule has 1 aliphatic heterocycles. The van der Waals surface area contributed by atoms with Crippen LogP contribution < -0.4 is 5.73 Å². The van der Waals surface area contributed by atoms with Gasteiger partial charge in [0.1, 0.15) is 5.76 Å². The van der Waals surface area contributed by atoms with Crippen LogP contribution in [0.15, 0.2) is 16.7 Å². The minimum Gasteiger partial charge on any atom is -0.469 e. The Bertz CT molecular complexity index is 326.